The normalized spacial score (nSPS) is 11.3. The SMILES string of the molecule is CNCCCCCC(=O)NC(CCCCNC(=O)CCOc1ccc(C(=O)Oc2ccc(C(=N)N)cc2)cc1)C(=O)O. The van der Waals surface area contributed by atoms with Gasteiger partial charge in [0.25, 0.3) is 0 Å². The van der Waals surface area contributed by atoms with E-state index < -0.39 is 18.0 Å². The third kappa shape index (κ3) is 13.3. The molecule has 0 heterocycles. The summed E-state index contributed by atoms with van der Waals surface area (Å²) in [5, 5.41) is 25.2. The highest BCUT2D eigenvalue weighted by Crippen LogP contribution is 2.17. The number of hydrogen-bond acceptors (Lipinski definition) is 8. The number of amidine groups is 1. The van der Waals surface area contributed by atoms with Crippen LogP contribution in [0.1, 0.15) is 67.3 Å². The van der Waals surface area contributed by atoms with E-state index in [0.29, 0.717) is 48.4 Å². The van der Waals surface area contributed by atoms with Crippen molar-refractivity contribution in [3.63, 3.8) is 0 Å². The average Bonchev–Trinajstić information content (AvgIpc) is 2.96. The highest BCUT2D eigenvalue weighted by atomic mass is 16.5. The van der Waals surface area contributed by atoms with Crippen molar-refractivity contribution in [3.8, 4) is 11.5 Å². The van der Waals surface area contributed by atoms with Gasteiger partial charge in [0, 0.05) is 18.5 Å². The molecule has 12 heteroatoms. The number of benzene rings is 2. The van der Waals surface area contributed by atoms with Crippen molar-refractivity contribution in [2.45, 2.75) is 57.4 Å². The van der Waals surface area contributed by atoms with E-state index in [2.05, 4.69) is 16.0 Å². The minimum atomic E-state index is -1.06. The van der Waals surface area contributed by atoms with Crippen LogP contribution in [0.15, 0.2) is 48.5 Å². The molecule has 2 rings (SSSR count). The summed E-state index contributed by atoms with van der Waals surface area (Å²) in [6.45, 7) is 1.41. The first-order valence-electron chi connectivity index (χ1n) is 14.0. The fraction of sp³-hybridized carbons (Fsp3) is 0.433. The topological polar surface area (TPSA) is 193 Å². The van der Waals surface area contributed by atoms with Gasteiger partial charge in [-0.3, -0.25) is 15.0 Å². The molecule has 2 aromatic rings. The fourth-order valence-electron chi connectivity index (χ4n) is 3.89. The van der Waals surface area contributed by atoms with Crippen molar-refractivity contribution in [2.75, 3.05) is 26.7 Å². The molecular weight excluding hydrogens is 542 g/mol. The van der Waals surface area contributed by atoms with E-state index in [9.17, 15) is 24.3 Å². The summed E-state index contributed by atoms with van der Waals surface area (Å²) in [6, 6.07) is 11.7. The second-order valence-corrected chi connectivity index (χ2v) is 9.67. The number of carbonyl (C=O) groups is 4. The lowest BCUT2D eigenvalue weighted by atomic mass is 10.1. The second-order valence-electron chi connectivity index (χ2n) is 9.67. The molecule has 1 unspecified atom stereocenters. The molecule has 0 aliphatic heterocycles. The van der Waals surface area contributed by atoms with Gasteiger partial charge in [0.1, 0.15) is 23.4 Å². The number of carboxylic acids is 1. The van der Waals surface area contributed by atoms with E-state index in [1.807, 2.05) is 7.05 Å². The Morgan fingerprint density at radius 3 is 2.12 bits per heavy atom. The zero-order valence-electron chi connectivity index (χ0n) is 23.9. The molecule has 12 nitrogen and oxygen atoms in total. The maximum atomic E-state index is 12.3. The van der Waals surface area contributed by atoms with Gasteiger partial charge in [-0.05, 0) is 94.2 Å². The van der Waals surface area contributed by atoms with Gasteiger partial charge in [-0.25, -0.2) is 9.59 Å². The number of carboxylic acid groups (broad SMARTS) is 1. The Morgan fingerprint density at radius 2 is 1.48 bits per heavy atom. The number of carbonyl (C=O) groups excluding carboxylic acids is 3. The Labute approximate surface area is 245 Å². The number of nitrogens with one attached hydrogen (secondary N) is 4. The summed E-state index contributed by atoms with van der Waals surface area (Å²) in [7, 11) is 1.87. The van der Waals surface area contributed by atoms with Crippen molar-refractivity contribution >= 4 is 29.6 Å². The molecule has 2 aromatic carbocycles. The summed E-state index contributed by atoms with van der Waals surface area (Å²) in [5.74, 6) is -1.34. The van der Waals surface area contributed by atoms with Crippen molar-refractivity contribution in [1.82, 2.24) is 16.0 Å². The Morgan fingerprint density at radius 1 is 0.833 bits per heavy atom. The van der Waals surface area contributed by atoms with Gasteiger partial charge < -0.3 is 36.3 Å². The maximum Gasteiger partial charge on any atom is 0.343 e. The molecule has 0 bridgehead atoms. The van der Waals surface area contributed by atoms with Gasteiger partial charge in [-0.1, -0.05) is 6.42 Å². The molecule has 0 spiro atoms. The number of ether oxygens (including phenoxy) is 2. The molecule has 0 saturated carbocycles. The number of hydrogen-bond donors (Lipinski definition) is 6. The fourth-order valence-corrected chi connectivity index (χ4v) is 3.89. The first kappa shape index (κ1) is 33.8. The Kier molecular flexibility index (Phi) is 15.1. The molecule has 0 fully saturated rings. The van der Waals surface area contributed by atoms with Crippen LogP contribution >= 0.6 is 0 Å². The van der Waals surface area contributed by atoms with Crippen molar-refractivity contribution in [3.05, 3.63) is 59.7 Å². The van der Waals surface area contributed by atoms with E-state index >= 15 is 0 Å². The van der Waals surface area contributed by atoms with E-state index in [-0.39, 0.29) is 37.1 Å². The van der Waals surface area contributed by atoms with Crippen LogP contribution in [0.3, 0.4) is 0 Å². The molecule has 7 N–H and O–H groups in total. The molecule has 0 radical (unpaired) electrons. The number of nitrogen functional groups attached to an aromatic ring is 1. The zero-order chi connectivity index (χ0) is 30.7. The summed E-state index contributed by atoms with van der Waals surface area (Å²) in [4.78, 5) is 47.9. The van der Waals surface area contributed by atoms with Crippen LogP contribution in [0.25, 0.3) is 0 Å². The summed E-state index contributed by atoms with van der Waals surface area (Å²) >= 11 is 0. The van der Waals surface area contributed by atoms with E-state index in [1.165, 1.54) is 0 Å². The third-order valence-corrected chi connectivity index (χ3v) is 6.27. The molecule has 0 aliphatic rings. The van der Waals surface area contributed by atoms with Crippen molar-refractivity contribution in [2.24, 2.45) is 5.73 Å². The molecule has 0 aromatic heterocycles. The van der Waals surface area contributed by atoms with Crippen LogP contribution in [0.4, 0.5) is 0 Å². The highest BCUT2D eigenvalue weighted by Gasteiger charge is 2.19. The summed E-state index contributed by atoms with van der Waals surface area (Å²) in [5.41, 5.74) is 6.26. The van der Waals surface area contributed by atoms with Crippen LogP contribution in [0.2, 0.25) is 0 Å². The quantitative estimate of drug-likeness (QED) is 0.0447. The van der Waals surface area contributed by atoms with Crippen molar-refractivity contribution < 1.29 is 33.8 Å². The van der Waals surface area contributed by atoms with Gasteiger partial charge in [0.05, 0.1) is 18.6 Å². The molecule has 0 saturated heterocycles. The number of esters is 1. The van der Waals surface area contributed by atoms with E-state index in [0.717, 1.165) is 25.8 Å². The molecule has 42 heavy (non-hydrogen) atoms. The number of rotatable bonds is 20. The Bertz CT molecular complexity index is 1170. The molecule has 228 valence electrons. The highest BCUT2D eigenvalue weighted by molar-refractivity contribution is 5.95. The largest absolute Gasteiger partial charge is 0.493 e. The zero-order valence-corrected chi connectivity index (χ0v) is 23.9. The molecule has 2 amide bonds. The molecular formula is C30H41N5O7. The monoisotopic (exact) mass is 583 g/mol. The van der Waals surface area contributed by atoms with Gasteiger partial charge in [0.2, 0.25) is 11.8 Å². The van der Waals surface area contributed by atoms with Gasteiger partial charge in [-0.15, -0.1) is 0 Å². The Hall–Kier alpha value is -4.45. The number of aliphatic carboxylic acids is 1. The molecule has 1 atom stereocenters. The smallest absolute Gasteiger partial charge is 0.343 e. The third-order valence-electron chi connectivity index (χ3n) is 6.27. The summed E-state index contributed by atoms with van der Waals surface area (Å²) in [6.07, 6.45) is 4.43. The number of nitrogens with two attached hydrogens (primary N) is 1. The first-order chi connectivity index (χ1) is 20.2. The first-order valence-corrected chi connectivity index (χ1v) is 14.0. The van der Waals surface area contributed by atoms with Crippen LogP contribution in [0, 0.1) is 5.41 Å². The predicted octanol–water partition coefficient (Wildman–Crippen LogP) is 2.59. The average molecular weight is 584 g/mol. The van der Waals surface area contributed by atoms with Gasteiger partial charge in [0.15, 0.2) is 0 Å². The number of unbranched alkanes of at least 4 members (excludes halogenated alkanes) is 3. The standard InChI is InChI=1S/C30H41N5O7/c1-33-18-5-2-3-8-27(37)35-25(29(38)39)7-4-6-19-34-26(36)17-20-41-23-13-11-22(12-14-23)30(40)42-24-15-9-21(10-16-24)28(31)32/h9-16,25,33H,2-8,17-20H2,1H3,(H3,31,32)(H,34,36)(H,35,37)(H,38,39). The van der Waals surface area contributed by atoms with Gasteiger partial charge >= 0.3 is 11.9 Å². The summed E-state index contributed by atoms with van der Waals surface area (Å²) < 4.78 is 10.9. The van der Waals surface area contributed by atoms with Crippen LogP contribution in [0.5, 0.6) is 11.5 Å². The van der Waals surface area contributed by atoms with E-state index in [1.54, 1.807) is 48.5 Å². The van der Waals surface area contributed by atoms with Gasteiger partial charge in [-0.2, -0.15) is 0 Å². The lowest BCUT2D eigenvalue weighted by molar-refractivity contribution is -0.142. The molecule has 0 aliphatic carbocycles. The minimum absolute atomic E-state index is 0.0765. The Balaban J connectivity index is 1.60. The lowest BCUT2D eigenvalue weighted by Crippen LogP contribution is -2.40. The van der Waals surface area contributed by atoms with Crippen LogP contribution in [-0.4, -0.2) is 67.5 Å². The minimum Gasteiger partial charge on any atom is -0.493 e. The predicted molar refractivity (Wildman–Crippen MR) is 158 cm³/mol. The lowest BCUT2D eigenvalue weighted by Gasteiger charge is -2.14. The van der Waals surface area contributed by atoms with Crippen LogP contribution < -0.4 is 31.2 Å². The number of amides is 2. The van der Waals surface area contributed by atoms with Crippen molar-refractivity contribution in [1.29, 1.82) is 5.41 Å². The van der Waals surface area contributed by atoms with Crippen LogP contribution in [-0.2, 0) is 14.4 Å². The maximum absolute atomic E-state index is 12.3. The van der Waals surface area contributed by atoms with E-state index in [4.69, 9.17) is 20.6 Å². The second kappa shape index (κ2) is 18.8.